The molecule has 144 valence electrons. The van der Waals surface area contributed by atoms with Crippen LogP contribution in [0.2, 0.25) is 0 Å². The lowest BCUT2D eigenvalue weighted by Crippen LogP contribution is -2.16. The van der Waals surface area contributed by atoms with Gasteiger partial charge in [-0.1, -0.05) is 42.5 Å². The van der Waals surface area contributed by atoms with E-state index in [0.717, 1.165) is 5.56 Å². The van der Waals surface area contributed by atoms with Crippen LogP contribution in [0.15, 0.2) is 88.1 Å². The maximum Gasteiger partial charge on any atom is 0.343 e. The summed E-state index contributed by atoms with van der Waals surface area (Å²) in [6.07, 6.45) is 0.291. The van der Waals surface area contributed by atoms with E-state index in [2.05, 4.69) is 0 Å². The highest BCUT2D eigenvalue weighted by molar-refractivity contribution is 5.94. The van der Waals surface area contributed by atoms with E-state index in [1.165, 1.54) is 0 Å². The molecule has 5 nitrogen and oxygen atoms in total. The predicted molar refractivity (Wildman–Crippen MR) is 110 cm³/mol. The molecule has 29 heavy (non-hydrogen) atoms. The van der Waals surface area contributed by atoms with E-state index < -0.39 is 11.6 Å². The van der Waals surface area contributed by atoms with Crippen molar-refractivity contribution < 1.29 is 18.7 Å². The molecule has 0 aliphatic carbocycles. The van der Waals surface area contributed by atoms with Crippen molar-refractivity contribution in [2.24, 2.45) is 0 Å². The molecule has 0 atom stereocenters. The average molecular weight is 386 g/mol. The number of hydrogen-bond acceptors (Lipinski definition) is 5. The van der Waals surface area contributed by atoms with Crippen molar-refractivity contribution in [3.8, 4) is 11.5 Å². The summed E-state index contributed by atoms with van der Waals surface area (Å²) in [5, 5.41) is 0.569. The summed E-state index contributed by atoms with van der Waals surface area (Å²) < 4.78 is 16.3. The maximum atomic E-state index is 12.8. The number of para-hydroxylation sites is 1. The SMILES string of the molecule is COc1ccc(C(=O)Oc2c(Cc3ccccc3)c(=O)oc3ccccc23)cc1. The topological polar surface area (TPSA) is 65.7 Å². The van der Waals surface area contributed by atoms with Gasteiger partial charge in [-0.15, -0.1) is 0 Å². The highest BCUT2D eigenvalue weighted by Gasteiger charge is 2.20. The van der Waals surface area contributed by atoms with Crippen LogP contribution < -0.4 is 15.1 Å². The Kier molecular flexibility index (Phi) is 5.12. The minimum atomic E-state index is -0.558. The number of ether oxygens (including phenoxy) is 2. The lowest BCUT2D eigenvalue weighted by molar-refractivity contribution is 0.0735. The number of carbonyl (C=O) groups excluding carboxylic acids is 1. The molecular weight excluding hydrogens is 368 g/mol. The quantitative estimate of drug-likeness (QED) is 0.370. The van der Waals surface area contributed by atoms with Crippen molar-refractivity contribution in [2.45, 2.75) is 6.42 Å². The van der Waals surface area contributed by atoms with Crippen LogP contribution in [0.1, 0.15) is 21.5 Å². The normalized spacial score (nSPS) is 10.7. The van der Waals surface area contributed by atoms with Gasteiger partial charge in [0.15, 0.2) is 5.75 Å². The molecule has 0 fully saturated rings. The molecule has 0 unspecified atom stereocenters. The molecule has 0 aliphatic heterocycles. The van der Waals surface area contributed by atoms with Crippen molar-refractivity contribution in [2.75, 3.05) is 7.11 Å². The van der Waals surface area contributed by atoms with Crippen LogP contribution in [0, 0.1) is 0 Å². The van der Waals surface area contributed by atoms with Crippen molar-refractivity contribution in [3.05, 3.63) is 106 Å². The van der Waals surface area contributed by atoms with Gasteiger partial charge in [-0.2, -0.15) is 0 Å². The van der Waals surface area contributed by atoms with E-state index >= 15 is 0 Å². The average Bonchev–Trinajstić information content (AvgIpc) is 2.76. The smallest absolute Gasteiger partial charge is 0.343 e. The lowest BCUT2D eigenvalue weighted by Gasteiger charge is -2.12. The van der Waals surface area contributed by atoms with E-state index in [0.29, 0.717) is 34.3 Å². The molecule has 5 heteroatoms. The second-order valence-corrected chi connectivity index (χ2v) is 6.47. The van der Waals surface area contributed by atoms with Crippen LogP contribution in [0.4, 0.5) is 0 Å². The lowest BCUT2D eigenvalue weighted by atomic mass is 10.0. The van der Waals surface area contributed by atoms with Crippen LogP contribution >= 0.6 is 0 Å². The van der Waals surface area contributed by atoms with Crippen molar-refractivity contribution in [3.63, 3.8) is 0 Å². The van der Waals surface area contributed by atoms with Gasteiger partial charge in [0.25, 0.3) is 0 Å². The first-order chi connectivity index (χ1) is 14.2. The largest absolute Gasteiger partial charge is 0.497 e. The zero-order chi connectivity index (χ0) is 20.2. The summed E-state index contributed by atoms with van der Waals surface area (Å²) in [4.78, 5) is 25.5. The first kappa shape index (κ1) is 18.5. The molecule has 0 radical (unpaired) electrons. The number of methoxy groups -OCH3 is 1. The Bertz CT molecular complexity index is 1210. The van der Waals surface area contributed by atoms with Gasteiger partial charge in [-0.05, 0) is 42.0 Å². The monoisotopic (exact) mass is 386 g/mol. The van der Waals surface area contributed by atoms with Gasteiger partial charge in [0, 0.05) is 6.42 Å². The first-order valence-corrected chi connectivity index (χ1v) is 9.10. The standard InChI is InChI=1S/C24H18O5/c1-27-18-13-11-17(12-14-18)23(25)29-22-19-9-5-6-10-21(19)28-24(26)20(22)15-16-7-3-2-4-8-16/h2-14H,15H2,1H3. The van der Waals surface area contributed by atoms with E-state index in [-0.39, 0.29) is 5.75 Å². The van der Waals surface area contributed by atoms with Gasteiger partial charge in [0.1, 0.15) is 11.3 Å². The van der Waals surface area contributed by atoms with Crippen molar-refractivity contribution >= 4 is 16.9 Å². The van der Waals surface area contributed by atoms with Crippen LogP contribution in [0.5, 0.6) is 11.5 Å². The minimum Gasteiger partial charge on any atom is -0.497 e. The minimum absolute atomic E-state index is 0.224. The van der Waals surface area contributed by atoms with Crippen molar-refractivity contribution in [1.82, 2.24) is 0 Å². The highest BCUT2D eigenvalue weighted by Crippen LogP contribution is 2.30. The third kappa shape index (κ3) is 3.89. The number of carbonyl (C=O) groups is 1. The second-order valence-electron chi connectivity index (χ2n) is 6.47. The van der Waals surface area contributed by atoms with Crippen LogP contribution in [-0.2, 0) is 6.42 Å². The summed E-state index contributed by atoms with van der Waals surface area (Å²) in [5.74, 6) is 0.302. The van der Waals surface area contributed by atoms with Crippen LogP contribution in [-0.4, -0.2) is 13.1 Å². The number of rotatable bonds is 5. The molecule has 1 heterocycles. The van der Waals surface area contributed by atoms with Gasteiger partial charge in [-0.3, -0.25) is 0 Å². The molecule has 0 N–H and O–H groups in total. The summed E-state index contributed by atoms with van der Waals surface area (Å²) in [6.45, 7) is 0. The van der Waals surface area contributed by atoms with Gasteiger partial charge in [0.2, 0.25) is 0 Å². The molecule has 0 spiro atoms. The number of hydrogen-bond donors (Lipinski definition) is 0. The Morgan fingerprint density at radius 2 is 1.59 bits per heavy atom. The Morgan fingerprint density at radius 1 is 0.897 bits per heavy atom. The highest BCUT2D eigenvalue weighted by atomic mass is 16.5. The zero-order valence-corrected chi connectivity index (χ0v) is 15.8. The maximum absolute atomic E-state index is 12.8. The Morgan fingerprint density at radius 3 is 2.31 bits per heavy atom. The van der Waals surface area contributed by atoms with E-state index in [4.69, 9.17) is 13.9 Å². The van der Waals surface area contributed by atoms with Crippen LogP contribution in [0.3, 0.4) is 0 Å². The molecule has 4 rings (SSSR count). The number of fused-ring (bicyclic) bond motifs is 1. The summed E-state index contributed by atoms with van der Waals surface area (Å²) >= 11 is 0. The molecule has 0 amide bonds. The van der Waals surface area contributed by atoms with Gasteiger partial charge >= 0.3 is 11.6 Å². The van der Waals surface area contributed by atoms with Gasteiger partial charge < -0.3 is 13.9 Å². The molecule has 0 saturated heterocycles. The second kappa shape index (κ2) is 8.02. The molecule has 4 aromatic rings. The van der Waals surface area contributed by atoms with Gasteiger partial charge in [-0.25, -0.2) is 9.59 Å². The number of benzene rings is 3. The predicted octanol–water partition coefficient (Wildman–Crippen LogP) is 4.61. The third-order valence-corrected chi connectivity index (χ3v) is 4.60. The first-order valence-electron chi connectivity index (χ1n) is 9.10. The fourth-order valence-electron chi connectivity index (χ4n) is 3.11. The van der Waals surface area contributed by atoms with E-state index in [1.807, 2.05) is 30.3 Å². The van der Waals surface area contributed by atoms with Crippen molar-refractivity contribution in [1.29, 1.82) is 0 Å². The Balaban J connectivity index is 1.79. The summed E-state index contributed by atoms with van der Waals surface area (Å²) in [6, 6.07) is 23.1. The molecule has 1 aromatic heterocycles. The van der Waals surface area contributed by atoms with E-state index in [9.17, 15) is 9.59 Å². The molecule has 0 bridgehead atoms. The third-order valence-electron chi connectivity index (χ3n) is 4.60. The summed E-state index contributed by atoms with van der Waals surface area (Å²) in [5.41, 5.74) is 1.42. The Labute approximate surface area is 167 Å². The Hall–Kier alpha value is -3.86. The molecule has 3 aromatic carbocycles. The van der Waals surface area contributed by atoms with Gasteiger partial charge in [0.05, 0.1) is 23.6 Å². The fourth-order valence-corrected chi connectivity index (χ4v) is 3.11. The molecule has 0 aliphatic rings. The fraction of sp³-hybridized carbons (Fsp3) is 0.0833. The molecule has 0 saturated carbocycles. The molecular formula is C24H18O5. The van der Waals surface area contributed by atoms with Crippen LogP contribution in [0.25, 0.3) is 11.0 Å². The van der Waals surface area contributed by atoms with E-state index in [1.54, 1.807) is 55.6 Å². The summed E-state index contributed by atoms with van der Waals surface area (Å²) in [7, 11) is 1.55. The number of esters is 1. The zero-order valence-electron chi connectivity index (χ0n) is 15.8.